The molecule has 0 saturated carbocycles. The van der Waals surface area contributed by atoms with Gasteiger partial charge in [-0.3, -0.25) is 0 Å². The van der Waals surface area contributed by atoms with Gasteiger partial charge in [0, 0.05) is 12.0 Å². The van der Waals surface area contributed by atoms with E-state index in [0.29, 0.717) is 6.42 Å². The molecule has 5 heteroatoms. The maximum Gasteiger partial charge on any atom is 0.151 e. The Morgan fingerprint density at radius 3 is 2.50 bits per heavy atom. The van der Waals surface area contributed by atoms with Gasteiger partial charge in [-0.05, 0) is 12.8 Å². The van der Waals surface area contributed by atoms with Crippen molar-refractivity contribution < 1.29 is 13.5 Å². The minimum Gasteiger partial charge on any atom is -0.396 e. The summed E-state index contributed by atoms with van der Waals surface area (Å²) < 4.78 is 22.4. The fourth-order valence-electron chi connectivity index (χ4n) is 1.63. The number of nitrogens with two attached hydrogens (primary N) is 1. The second-order valence-electron chi connectivity index (χ2n) is 3.56. The Hall–Kier alpha value is -0.130. The van der Waals surface area contributed by atoms with Crippen LogP contribution in [0.5, 0.6) is 0 Å². The molecule has 0 radical (unpaired) electrons. The van der Waals surface area contributed by atoms with Crippen molar-refractivity contribution in [2.24, 2.45) is 11.1 Å². The molecule has 0 aromatic rings. The predicted molar refractivity (Wildman–Crippen MR) is 46.5 cm³/mol. The smallest absolute Gasteiger partial charge is 0.151 e. The van der Waals surface area contributed by atoms with Gasteiger partial charge in [-0.25, -0.2) is 8.42 Å². The number of sulfone groups is 1. The Morgan fingerprint density at radius 2 is 2.17 bits per heavy atom. The van der Waals surface area contributed by atoms with Gasteiger partial charge in [0.15, 0.2) is 9.84 Å². The zero-order chi connectivity index (χ0) is 9.24. The molecule has 3 N–H and O–H groups in total. The van der Waals surface area contributed by atoms with Crippen molar-refractivity contribution in [3.8, 4) is 0 Å². The lowest BCUT2D eigenvalue weighted by Gasteiger charge is -2.33. The van der Waals surface area contributed by atoms with E-state index in [9.17, 15) is 8.42 Å². The monoisotopic (exact) mass is 193 g/mol. The molecule has 0 aromatic carbocycles. The summed E-state index contributed by atoms with van der Waals surface area (Å²) in [5, 5.41) is 9.03. The van der Waals surface area contributed by atoms with Crippen molar-refractivity contribution in [2.75, 3.05) is 24.7 Å². The van der Waals surface area contributed by atoms with Crippen LogP contribution in [0, 0.1) is 5.41 Å². The first-order valence-corrected chi connectivity index (χ1v) is 5.87. The molecule has 4 nitrogen and oxygen atoms in total. The van der Waals surface area contributed by atoms with E-state index < -0.39 is 15.3 Å². The minimum atomic E-state index is -2.95. The molecular weight excluding hydrogens is 178 g/mol. The van der Waals surface area contributed by atoms with Crippen molar-refractivity contribution in [3.05, 3.63) is 0 Å². The molecule has 0 amide bonds. The summed E-state index contributed by atoms with van der Waals surface area (Å²) in [6.45, 7) is 0.130. The number of aliphatic hydroxyl groups excluding tert-OH is 1. The van der Waals surface area contributed by atoms with Crippen LogP contribution in [0.25, 0.3) is 0 Å². The Bertz CT molecular complexity index is 243. The molecule has 0 aliphatic carbocycles. The summed E-state index contributed by atoms with van der Waals surface area (Å²) in [5.74, 6) is 0.293. The highest BCUT2D eigenvalue weighted by molar-refractivity contribution is 7.91. The van der Waals surface area contributed by atoms with Crippen molar-refractivity contribution in [1.29, 1.82) is 0 Å². The first kappa shape index (κ1) is 9.95. The topological polar surface area (TPSA) is 80.4 Å². The molecule has 1 aliphatic rings. The summed E-state index contributed by atoms with van der Waals surface area (Å²) in [7, 11) is -2.95. The van der Waals surface area contributed by atoms with Gasteiger partial charge in [-0.2, -0.15) is 0 Å². The fraction of sp³-hybridized carbons (Fsp3) is 1.00. The highest BCUT2D eigenvalue weighted by Crippen LogP contribution is 2.29. The van der Waals surface area contributed by atoms with Gasteiger partial charge in [0.2, 0.25) is 0 Å². The maximum atomic E-state index is 11.2. The Balaban J connectivity index is 2.79. The van der Waals surface area contributed by atoms with Crippen LogP contribution in [0.4, 0.5) is 0 Å². The van der Waals surface area contributed by atoms with E-state index in [1.807, 2.05) is 0 Å². The number of rotatable bonds is 2. The maximum absolute atomic E-state index is 11.2. The lowest BCUT2D eigenvalue weighted by molar-refractivity contribution is 0.138. The molecule has 0 aromatic heterocycles. The molecule has 1 fully saturated rings. The third-order valence-electron chi connectivity index (χ3n) is 2.46. The van der Waals surface area contributed by atoms with Gasteiger partial charge >= 0.3 is 0 Å². The van der Waals surface area contributed by atoms with Crippen LogP contribution in [0.1, 0.15) is 12.8 Å². The Labute approximate surface area is 72.7 Å². The Morgan fingerprint density at radius 1 is 1.50 bits per heavy atom. The quantitative estimate of drug-likeness (QED) is 0.597. The van der Waals surface area contributed by atoms with Gasteiger partial charge in [0.05, 0.1) is 18.1 Å². The largest absolute Gasteiger partial charge is 0.396 e. The molecule has 12 heavy (non-hydrogen) atoms. The number of hydrogen-bond acceptors (Lipinski definition) is 4. The van der Waals surface area contributed by atoms with Gasteiger partial charge in [0.25, 0.3) is 0 Å². The Kier molecular flexibility index (Phi) is 2.75. The second-order valence-corrected chi connectivity index (χ2v) is 5.74. The molecule has 1 unspecified atom stereocenters. The van der Waals surface area contributed by atoms with Crippen LogP contribution in [-0.4, -0.2) is 38.2 Å². The average molecular weight is 193 g/mol. The highest BCUT2D eigenvalue weighted by Gasteiger charge is 2.37. The van der Waals surface area contributed by atoms with Crippen molar-refractivity contribution in [2.45, 2.75) is 12.8 Å². The molecule has 0 bridgehead atoms. The van der Waals surface area contributed by atoms with Gasteiger partial charge in [0.1, 0.15) is 0 Å². The van der Waals surface area contributed by atoms with Crippen LogP contribution < -0.4 is 5.73 Å². The minimum absolute atomic E-state index is 0.0486. The second kappa shape index (κ2) is 3.32. The molecular formula is C7H15NO3S. The van der Waals surface area contributed by atoms with Crippen LogP contribution in [0.2, 0.25) is 0 Å². The van der Waals surface area contributed by atoms with Gasteiger partial charge in [-0.15, -0.1) is 0 Å². The molecule has 1 rings (SSSR count). The van der Waals surface area contributed by atoms with Crippen LogP contribution in [0.15, 0.2) is 0 Å². The third kappa shape index (κ3) is 1.97. The van der Waals surface area contributed by atoms with E-state index in [4.69, 9.17) is 10.8 Å². The molecule has 0 spiro atoms. The van der Waals surface area contributed by atoms with E-state index >= 15 is 0 Å². The summed E-state index contributed by atoms with van der Waals surface area (Å²) in [4.78, 5) is 0. The molecule has 1 heterocycles. The number of hydrogen-bond donors (Lipinski definition) is 2. The lowest BCUT2D eigenvalue weighted by Crippen LogP contribution is -2.44. The van der Waals surface area contributed by atoms with Crippen LogP contribution >= 0.6 is 0 Å². The van der Waals surface area contributed by atoms with Crippen LogP contribution in [-0.2, 0) is 9.84 Å². The van der Waals surface area contributed by atoms with Crippen molar-refractivity contribution in [3.63, 3.8) is 0 Å². The fourth-order valence-corrected chi connectivity index (χ4v) is 3.64. The lowest BCUT2D eigenvalue weighted by atomic mass is 9.86. The first-order chi connectivity index (χ1) is 5.54. The normalized spacial score (nSPS) is 34.8. The molecule has 72 valence electrons. The summed E-state index contributed by atoms with van der Waals surface area (Å²) >= 11 is 0. The third-order valence-corrected chi connectivity index (χ3v) is 4.42. The zero-order valence-electron chi connectivity index (χ0n) is 6.99. The highest BCUT2D eigenvalue weighted by atomic mass is 32.2. The van der Waals surface area contributed by atoms with Crippen molar-refractivity contribution >= 4 is 9.84 Å². The van der Waals surface area contributed by atoms with Crippen molar-refractivity contribution in [1.82, 2.24) is 0 Å². The average Bonchev–Trinajstić information content (AvgIpc) is 2.02. The molecule has 1 atom stereocenters. The van der Waals surface area contributed by atoms with Crippen LogP contribution in [0.3, 0.4) is 0 Å². The summed E-state index contributed by atoms with van der Waals surface area (Å²) in [5.41, 5.74) is 4.89. The summed E-state index contributed by atoms with van der Waals surface area (Å²) in [6.07, 6.45) is 1.35. The molecule has 1 saturated heterocycles. The zero-order valence-corrected chi connectivity index (χ0v) is 7.81. The SMILES string of the molecule is NCC1(CO)CCCS(=O)(=O)C1. The van der Waals surface area contributed by atoms with Gasteiger partial charge in [-0.1, -0.05) is 0 Å². The van der Waals surface area contributed by atoms with Gasteiger partial charge < -0.3 is 10.8 Å². The summed E-state index contributed by atoms with van der Waals surface area (Å²) in [6, 6.07) is 0. The number of aliphatic hydroxyl groups is 1. The first-order valence-electron chi connectivity index (χ1n) is 4.05. The van der Waals surface area contributed by atoms with E-state index in [-0.39, 0.29) is 24.7 Å². The molecule has 1 aliphatic heterocycles. The standard InChI is InChI=1S/C7H15NO3S/c8-4-7(5-9)2-1-3-12(10,11)6-7/h9H,1-6,8H2. The van der Waals surface area contributed by atoms with E-state index in [0.717, 1.165) is 6.42 Å². The van der Waals surface area contributed by atoms with E-state index in [1.165, 1.54) is 0 Å². The van der Waals surface area contributed by atoms with E-state index in [1.54, 1.807) is 0 Å². The predicted octanol–water partition coefficient (Wildman–Crippen LogP) is -0.868. The van der Waals surface area contributed by atoms with E-state index in [2.05, 4.69) is 0 Å².